The van der Waals surface area contributed by atoms with Gasteiger partial charge in [-0.25, -0.2) is 9.78 Å². The second-order valence-electron chi connectivity index (χ2n) is 8.37. The van der Waals surface area contributed by atoms with E-state index < -0.39 is 0 Å². The molecule has 8 nitrogen and oxygen atoms in total. The van der Waals surface area contributed by atoms with Crippen LogP contribution in [0.15, 0.2) is 33.9 Å². The van der Waals surface area contributed by atoms with Gasteiger partial charge in [-0.15, -0.1) is 0 Å². The predicted octanol–water partition coefficient (Wildman–Crippen LogP) is 1.40. The molecule has 0 amide bonds. The molecule has 30 heavy (non-hydrogen) atoms. The molecule has 3 heterocycles. The van der Waals surface area contributed by atoms with Crippen LogP contribution in [-0.2, 0) is 31.9 Å². The van der Waals surface area contributed by atoms with Crippen LogP contribution in [0.3, 0.4) is 0 Å². The number of rotatable bonds is 4. The summed E-state index contributed by atoms with van der Waals surface area (Å²) in [5.74, 6) is 0.785. The van der Waals surface area contributed by atoms with Crippen molar-refractivity contribution in [2.75, 3.05) is 13.1 Å². The summed E-state index contributed by atoms with van der Waals surface area (Å²) in [6, 6.07) is 8.13. The molecule has 2 atom stereocenters. The Morgan fingerprint density at radius 1 is 1.03 bits per heavy atom. The van der Waals surface area contributed by atoms with E-state index >= 15 is 0 Å². The molecule has 0 N–H and O–H groups in total. The zero-order valence-corrected chi connectivity index (χ0v) is 18.3. The van der Waals surface area contributed by atoms with Crippen LogP contribution in [0.5, 0.6) is 0 Å². The molecule has 0 radical (unpaired) electrons. The van der Waals surface area contributed by atoms with E-state index in [-0.39, 0.29) is 23.5 Å². The van der Waals surface area contributed by atoms with E-state index in [2.05, 4.69) is 37.8 Å². The van der Waals surface area contributed by atoms with Crippen LogP contribution in [-0.4, -0.2) is 48.9 Å². The molecule has 0 saturated carbocycles. The lowest BCUT2D eigenvalue weighted by atomic mass is 10.1. The number of benzene rings is 1. The highest BCUT2D eigenvalue weighted by molar-refractivity contribution is 5.71. The Balaban J connectivity index is 1.87. The van der Waals surface area contributed by atoms with E-state index in [1.807, 2.05) is 16.7 Å². The van der Waals surface area contributed by atoms with E-state index in [4.69, 9.17) is 9.72 Å². The third-order valence-corrected chi connectivity index (χ3v) is 5.88. The van der Waals surface area contributed by atoms with Gasteiger partial charge >= 0.3 is 5.69 Å². The lowest BCUT2D eigenvalue weighted by Gasteiger charge is -2.35. The van der Waals surface area contributed by atoms with Gasteiger partial charge in [0.2, 0.25) is 0 Å². The van der Waals surface area contributed by atoms with Crippen molar-refractivity contribution >= 4 is 11.2 Å². The zero-order chi connectivity index (χ0) is 21.6. The Morgan fingerprint density at radius 3 is 2.37 bits per heavy atom. The van der Waals surface area contributed by atoms with Gasteiger partial charge in [-0.2, -0.15) is 0 Å². The molecule has 2 aromatic heterocycles. The first kappa shape index (κ1) is 20.6. The molecule has 160 valence electrons. The molecular weight excluding hydrogens is 382 g/mol. The molecule has 0 aliphatic carbocycles. The lowest BCUT2D eigenvalue weighted by molar-refractivity contribution is -0.0712. The Morgan fingerprint density at radius 2 is 1.70 bits per heavy atom. The third-order valence-electron chi connectivity index (χ3n) is 5.88. The molecule has 8 heteroatoms. The summed E-state index contributed by atoms with van der Waals surface area (Å²) in [6.45, 7) is 8.92. The van der Waals surface area contributed by atoms with Crippen LogP contribution in [0.4, 0.5) is 0 Å². The minimum atomic E-state index is -0.367. The predicted molar refractivity (Wildman–Crippen MR) is 116 cm³/mol. The van der Waals surface area contributed by atoms with Crippen molar-refractivity contribution in [3.63, 3.8) is 0 Å². The largest absolute Gasteiger partial charge is 0.373 e. The summed E-state index contributed by atoms with van der Waals surface area (Å²) >= 11 is 0. The highest BCUT2D eigenvalue weighted by atomic mass is 16.5. The number of imidazole rings is 1. The topological polar surface area (TPSA) is 74.3 Å². The monoisotopic (exact) mass is 411 g/mol. The fourth-order valence-corrected chi connectivity index (χ4v) is 4.35. The van der Waals surface area contributed by atoms with Crippen LogP contribution in [0.25, 0.3) is 11.2 Å². The molecule has 1 aliphatic heterocycles. The first-order valence-electron chi connectivity index (χ1n) is 10.3. The average molecular weight is 412 g/mol. The smallest absolute Gasteiger partial charge is 0.332 e. The molecular formula is C22H29N5O3. The highest BCUT2D eigenvalue weighted by Crippen LogP contribution is 2.19. The van der Waals surface area contributed by atoms with E-state index in [9.17, 15) is 9.59 Å². The number of hydrogen-bond acceptors (Lipinski definition) is 5. The summed E-state index contributed by atoms with van der Waals surface area (Å²) in [7, 11) is 3.18. The maximum absolute atomic E-state index is 13.1. The van der Waals surface area contributed by atoms with Gasteiger partial charge in [0.1, 0.15) is 5.82 Å². The summed E-state index contributed by atoms with van der Waals surface area (Å²) in [5, 5.41) is 0. The third kappa shape index (κ3) is 3.61. The van der Waals surface area contributed by atoms with Crippen molar-refractivity contribution in [2.45, 2.75) is 46.1 Å². The van der Waals surface area contributed by atoms with Gasteiger partial charge in [-0.05, 0) is 31.9 Å². The van der Waals surface area contributed by atoms with Gasteiger partial charge in [0.15, 0.2) is 11.2 Å². The van der Waals surface area contributed by atoms with Crippen LogP contribution in [0, 0.1) is 6.92 Å². The van der Waals surface area contributed by atoms with Crippen LogP contribution < -0.4 is 11.2 Å². The lowest BCUT2D eigenvalue weighted by Crippen LogP contribution is -2.45. The van der Waals surface area contributed by atoms with Crippen molar-refractivity contribution in [3.8, 4) is 0 Å². The SMILES string of the molecule is Cc1ccccc1Cn1c(CN2C[C@@H](C)O[C@H](C)C2)nc2c1c(=O)n(C)c(=O)n2C. The number of aromatic nitrogens is 4. The number of morpholine rings is 1. The molecule has 1 saturated heterocycles. The second-order valence-corrected chi connectivity index (χ2v) is 8.37. The second kappa shape index (κ2) is 7.85. The maximum atomic E-state index is 13.1. The van der Waals surface area contributed by atoms with Crippen molar-refractivity contribution < 1.29 is 4.74 Å². The van der Waals surface area contributed by atoms with Crippen molar-refractivity contribution in [3.05, 3.63) is 62.1 Å². The van der Waals surface area contributed by atoms with Gasteiger partial charge in [0, 0.05) is 33.7 Å². The van der Waals surface area contributed by atoms with Crippen molar-refractivity contribution in [1.29, 1.82) is 0 Å². The molecule has 1 fully saturated rings. The molecule has 4 rings (SSSR count). The van der Waals surface area contributed by atoms with Crippen molar-refractivity contribution in [2.24, 2.45) is 14.1 Å². The van der Waals surface area contributed by atoms with Gasteiger partial charge in [0.05, 0.1) is 18.8 Å². The average Bonchev–Trinajstić information content (AvgIpc) is 3.04. The molecule has 1 aromatic carbocycles. The Labute approximate surface area is 175 Å². The minimum Gasteiger partial charge on any atom is -0.373 e. The summed E-state index contributed by atoms with van der Waals surface area (Å²) in [4.78, 5) is 32.6. The summed E-state index contributed by atoms with van der Waals surface area (Å²) in [5.41, 5.74) is 2.49. The minimum absolute atomic E-state index is 0.139. The fourth-order valence-electron chi connectivity index (χ4n) is 4.35. The number of hydrogen-bond donors (Lipinski definition) is 0. The van der Waals surface area contributed by atoms with Gasteiger partial charge in [-0.1, -0.05) is 24.3 Å². The fraction of sp³-hybridized carbons (Fsp3) is 0.500. The first-order chi connectivity index (χ1) is 14.3. The Hall–Kier alpha value is -2.71. The van der Waals surface area contributed by atoms with Gasteiger partial charge < -0.3 is 9.30 Å². The van der Waals surface area contributed by atoms with E-state index in [0.29, 0.717) is 24.3 Å². The molecule has 1 aliphatic rings. The maximum Gasteiger partial charge on any atom is 0.332 e. The number of fused-ring (bicyclic) bond motifs is 1. The van der Waals surface area contributed by atoms with E-state index in [0.717, 1.165) is 34.6 Å². The van der Waals surface area contributed by atoms with Crippen LogP contribution in [0.2, 0.25) is 0 Å². The molecule has 0 bridgehead atoms. The molecule has 0 unspecified atom stereocenters. The standard InChI is InChI=1S/C22H29N5O3/c1-14-8-6-7-9-17(14)12-27-18(13-26-10-15(2)30-16(3)11-26)23-20-19(27)21(28)25(5)22(29)24(20)4/h6-9,15-16H,10-13H2,1-5H3/t15-,16-/m1/s1. The molecule has 3 aromatic rings. The highest BCUT2D eigenvalue weighted by Gasteiger charge is 2.26. The van der Waals surface area contributed by atoms with Crippen molar-refractivity contribution in [1.82, 2.24) is 23.6 Å². The Bertz CT molecular complexity index is 1200. The normalized spacial score (nSPS) is 20.2. The van der Waals surface area contributed by atoms with E-state index in [1.54, 1.807) is 7.05 Å². The van der Waals surface area contributed by atoms with Crippen LogP contribution in [0.1, 0.15) is 30.8 Å². The molecule has 0 spiro atoms. The zero-order valence-electron chi connectivity index (χ0n) is 18.3. The van der Waals surface area contributed by atoms with Gasteiger partial charge in [0.25, 0.3) is 5.56 Å². The quantitative estimate of drug-likeness (QED) is 0.649. The van der Waals surface area contributed by atoms with Gasteiger partial charge in [-0.3, -0.25) is 18.8 Å². The Kier molecular flexibility index (Phi) is 5.38. The first-order valence-corrected chi connectivity index (χ1v) is 10.3. The number of aryl methyl sites for hydroxylation is 2. The summed E-state index contributed by atoms with van der Waals surface area (Å²) < 4.78 is 10.4. The van der Waals surface area contributed by atoms with Crippen LogP contribution >= 0.6 is 0 Å². The number of ether oxygens (including phenoxy) is 1. The number of nitrogens with zero attached hydrogens (tertiary/aromatic N) is 5. The van der Waals surface area contributed by atoms with E-state index in [1.165, 1.54) is 11.6 Å². The summed E-state index contributed by atoms with van der Waals surface area (Å²) in [6.07, 6.45) is 0.278.